The van der Waals surface area contributed by atoms with Crippen molar-refractivity contribution in [1.29, 1.82) is 0 Å². The van der Waals surface area contributed by atoms with E-state index >= 15 is 0 Å². The van der Waals surface area contributed by atoms with Crippen molar-refractivity contribution in [2.24, 2.45) is 0 Å². The monoisotopic (exact) mass is 625 g/mol. The molecule has 180 valence electrons. The zero-order valence-corrected chi connectivity index (χ0v) is 23.0. The lowest BCUT2D eigenvalue weighted by Gasteiger charge is -2.33. The van der Waals surface area contributed by atoms with E-state index < -0.39 is 28.5 Å². The minimum atomic E-state index is -3.78. The zero-order valence-electron chi connectivity index (χ0n) is 18.5. The van der Waals surface area contributed by atoms with Gasteiger partial charge in [-0.3, -0.25) is 13.9 Å². The second-order valence-electron chi connectivity index (χ2n) is 7.29. The van der Waals surface area contributed by atoms with Crippen LogP contribution in [0.2, 0.25) is 10.0 Å². The molecular formula is C22H26Cl2IN3O4S. The number of benzene rings is 2. The van der Waals surface area contributed by atoms with Crippen molar-refractivity contribution in [3.63, 3.8) is 0 Å². The Hall–Kier alpha value is -1.56. The van der Waals surface area contributed by atoms with Crippen LogP contribution in [0.15, 0.2) is 42.5 Å². The molecule has 0 heterocycles. The molecular weight excluding hydrogens is 600 g/mol. The molecule has 0 aliphatic heterocycles. The van der Waals surface area contributed by atoms with Crippen molar-refractivity contribution in [3.05, 3.63) is 61.6 Å². The highest BCUT2D eigenvalue weighted by Crippen LogP contribution is 2.27. The van der Waals surface area contributed by atoms with Crippen LogP contribution in [0.25, 0.3) is 0 Å². The Bertz CT molecular complexity index is 1080. The predicted octanol–water partition coefficient (Wildman–Crippen LogP) is 4.31. The summed E-state index contributed by atoms with van der Waals surface area (Å²) in [6.45, 7) is 3.43. The van der Waals surface area contributed by atoms with Crippen LogP contribution in [0.3, 0.4) is 0 Å². The van der Waals surface area contributed by atoms with Gasteiger partial charge in [0.2, 0.25) is 21.8 Å². The highest BCUT2D eigenvalue weighted by Gasteiger charge is 2.32. The third-order valence-electron chi connectivity index (χ3n) is 4.92. The average molecular weight is 626 g/mol. The van der Waals surface area contributed by atoms with Crippen LogP contribution in [0, 0.1) is 3.57 Å². The molecule has 0 saturated carbocycles. The molecule has 2 aromatic carbocycles. The summed E-state index contributed by atoms with van der Waals surface area (Å²) in [4.78, 5) is 27.6. The molecule has 0 aliphatic rings. The predicted molar refractivity (Wildman–Crippen MR) is 141 cm³/mol. The minimum absolute atomic E-state index is 0.0444. The molecule has 2 aromatic rings. The maximum atomic E-state index is 13.5. The fraction of sp³-hybridized carbons (Fsp3) is 0.364. The number of carbonyl (C=O) groups is 2. The first-order chi connectivity index (χ1) is 15.5. The summed E-state index contributed by atoms with van der Waals surface area (Å²) in [6, 6.07) is 10.9. The highest BCUT2D eigenvalue weighted by atomic mass is 127. The smallest absolute Gasteiger partial charge is 0.244 e. The van der Waals surface area contributed by atoms with Crippen LogP contribution in [-0.4, -0.2) is 50.5 Å². The van der Waals surface area contributed by atoms with E-state index in [1.165, 1.54) is 4.90 Å². The molecule has 0 aromatic heterocycles. The van der Waals surface area contributed by atoms with Crippen LogP contribution in [0.1, 0.15) is 25.8 Å². The Kier molecular flexibility index (Phi) is 10.3. The molecule has 33 heavy (non-hydrogen) atoms. The maximum Gasteiger partial charge on any atom is 0.244 e. The third kappa shape index (κ3) is 7.46. The number of rotatable bonds is 10. The number of nitrogens with zero attached hydrogens (tertiary/aromatic N) is 2. The third-order valence-corrected chi connectivity index (χ3v) is 7.49. The summed E-state index contributed by atoms with van der Waals surface area (Å²) >= 11 is 14.8. The van der Waals surface area contributed by atoms with Crippen LogP contribution < -0.4 is 9.62 Å². The van der Waals surface area contributed by atoms with E-state index in [4.69, 9.17) is 23.2 Å². The number of carbonyl (C=O) groups excluding carboxylic acids is 2. The van der Waals surface area contributed by atoms with Gasteiger partial charge in [0.1, 0.15) is 12.6 Å². The number of likely N-dealkylation sites (N-methyl/N-ethyl adjacent to an activating group) is 1. The molecule has 0 unspecified atom stereocenters. The fourth-order valence-electron chi connectivity index (χ4n) is 3.29. The summed E-state index contributed by atoms with van der Waals surface area (Å²) in [5.41, 5.74) is 0.838. The molecule has 0 bridgehead atoms. The SMILES string of the molecule is CCNC(=O)[C@@H](CC)N(Cc1c(Cl)cccc1Cl)C(=O)CN(c1ccc(I)cc1)S(C)(=O)=O. The van der Waals surface area contributed by atoms with Gasteiger partial charge < -0.3 is 10.2 Å². The molecule has 2 rings (SSSR count). The van der Waals surface area contributed by atoms with Gasteiger partial charge in [-0.2, -0.15) is 0 Å². The van der Waals surface area contributed by atoms with Gasteiger partial charge in [0.05, 0.1) is 11.9 Å². The zero-order chi connectivity index (χ0) is 24.8. The first-order valence-electron chi connectivity index (χ1n) is 10.2. The van der Waals surface area contributed by atoms with Crippen LogP contribution in [0.4, 0.5) is 5.69 Å². The normalized spacial score (nSPS) is 12.2. The molecule has 0 saturated heterocycles. The van der Waals surface area contributed by atoms with Gasteiger partial charge in [0, 0.05) is 32.3 Å². The van der Waals surface area contributed by atoms with Crippen molar-refractivity contribution in [2.45, 2.75) is 32.9 Å². The Morgan fingerprint density at radius 2 is 1.64 bits per heavy atom. The largest absolute Gasteiger partial charge is 0.355 e. The quantitative estimate of drug-likeness (QED) is 0.399. The van der Waals surface area contributed by atoms with Gasteiger partial charge >= 0.3 is 0 Å². The fourth-order valence-corrected chi connectivity index (χ4v) is 5.01. The standard InChI is InChI=1S/C22H26Cl2IN3O4S/c1-4-20(22(30)26-5-2)27(13-17-18(23)7-6-8-19(17)24)21(29)14-28(33(3,31)32)16-11-9-15(25)10-12-16/h6-12,20H,4-5,13-14H2,1-3H3,(H,26,30)/t20-/m1/s1. The topological polar surface area (TPSA) is 86.8 Å². The minimum Gasteiger partial charge on any atom is -0.355 e. The lowest BCUT2D eigenvalue weighted by molar-refractivity contribution is -0.140. The van der Waals surface area contributed by atoms with Gasteiger partial charge in [-0.15, -0.1) is 0 Å². The van der Waals surface area contributed by atoms with E-state index in [0.29, 0.717) is 34.3 Å². The Morgan fingerprint density at radius 3 is 2.12 bits per heavy atom. The second-order valence-corrected chi connectivity index (χ2v) is 11.3. The summed E-state index contributed by atoms with van der Waals surface area (Å²) in [6.07, 6.45) is 1.36. The average Bonchev–Trinajstić information content (AvgIpc) is 2.74. The van der Waals surface area contributed by atoms with Crippen LogP contribution >= 0.6 is 45.8 Å². The molecule has 11 heteroatoms. The lowest BCUT2D eigenvalue weighted by atomic mass is 10.1. The summed E-state index contributed by atoms with van der Waals surface area (Å²) in [7, 11) is -3.78. The van der Waals surface area contributed by atoms with Crippen LogP contribution in [0.5, 0.6) is 0 Å². The summed E-state index contributed by atoms with van der Waals surface area (Å²) in [5, 5.41) is 3.44. The van der Waals surface area contributed by atoms with Crippen LogP contribution in [-0.2, 0) is 26.2 Å². The number of sulfonamides is 1. The molecule has 0 radical (unpaired) electrons. The van der Waals surface area contributed by atoms with Gasteiger partial charge in [-0.25, -0.2) is 8.42 Å². The van der Waals surface area contributed by atoms with Gasteiger partial charge in [0.15, 0.2) is 0 Å². The Balaban J connectivity index is 2.48. The van der Waals surface area contributed by atoms with E-state index in [2.05, 4.69) is 27.9 Å². The van der Waals surface area contributed by atoms with Crippen molar-refractivity contribution in [3.8, 4) is 0 Å². The highest BCUT2D eigenvalue weighted by molar-refractivity contribution is 14.1. The van der Waals surface area contributed by atoms with Crippen molar-refractivity contribution in [2.75, 3.05) is 23.7 Å². The number of hydrogen-bond donors (Lipinski definition) is 1. The Morgan fingerprint density at radius 1 is 1.06 bits per heavy atom. The number of nitrogens with one attached hydrogen (secondary N) is 1. The Labute approximate surface area is 218 Å². The van der Waals surface area contributed by atoms with Gasteiger partial charge in [0.25, 0.3) is 0 Å². The molecule has 0 fully saturated rings. The number of amides is 2. The molecule has 7 nitrogen and oxygen atoms in total. The molecule has 0 aliphatic carbocycles. The molecule has 1 atom stereocenters. The van der Waals surface area contributed by atoms with E-state index in [-0.39, 0.29) is 12.5 Å². The number of hydrogen-bond acceptors (Lipinski definition) is 4. The van der Waals surface area contributed by atoms with E-state index in [1.807, 2.05) is 0 Å². The van der Waals surface area contributed by atoms with E-state index in [9.17, 15) is 18.0 Å². The van der Waals surface area contributed by atoms with Gasteiger partial charge in [-0.05, 0) is 72.3 Å². The van der Waals surface area contributed by atoms with Crippen molar-refractivity contribution < 1.29 is 18.0 Å². The summed E-state index contributed by atoms with van der Waals surface area (Å²) in [5.74, 6) is -0.884. The lowest BCUT2D eigenvalue weighted by Crippen LogP contribution is -2.52. The molecule has 1 N–H and O–H groups in total. The first-order valence-corrected chi connectivity index (χ1v) is 13.9. The number of anilines is 1. The van der Waals surface area contributed by atoms with Gasteiger partial charge in [-0.1, -0.05) is 36.2 Å². The first kappa shape index (κ1) is 27.7. The molecule has 2 amide bonds. The van der Waals surface area contributed by atoms with E-state index in [0.717, 1.165) is 14.1 Å². The van der Waals surface area contributed by atoms with Crippen molar-refractivity contribution in [1.82, 2.24) is 10.2 Å². The number of halogens is 3. The maximum absolute atomic E-state index is 13.5. The summed E-state index contributed by atoms with van der Waals surface area (Å²) < 4.78 is 27.0. The second kappa shape index (κ2) is 12.2. The molecule has 0 spiro atoms. The van der Waals surface area contributed by atoms with Crippen molar-refractivity contribution >= 4 is 73.3 Å². The van der Waals surface area contributed by atoms with E-state index in [1.54, 1.807) is 56.3 Å².